The zero-order valence-corrected chi connectivity index (χ0v) is 41.9. The minimum Gasteiger partial charge on any atom is -0.376 e. The van der Waals surface area contributed by atoms with Gasteiger partial charge >= 0.3 is 12.1 Å². The second-order valence-corrected chi connectivity index (χ2v) is 21.0. The predicted octanol–water partition coefficient (Wildman–Crippen LogP) is 10.2. The zero-order chi connectivity index (χ0) is 49.7. The van der Waals surface area contributed by atoms with E-state index in [1.54, 1.807) is 24.8 Å². The Morgan fingerprint density at radius 1 is 0.611 bits per heavy atom. The summed E-state index contributed by atoms with van der Waals surface area (Å²) in [6.07, 6.45) is 13.8. The lowest BCUT2D eigenvalue weighted by molar-refractivity contribution is -0.0593. The van der Waals surface area contributed by atoms with Gasteiger partial charge in [-0.1, -0.05) is 6.08 Å². The van der Waals surface area contributed by atoms with Gasteiger partial charge in [-0.15, -0.1) is 0 Å². The smallest absolute Gasteiger partial charge is 0.329 e. The summed E-state index contributed by atoms with van der Waals surface area (Å²) in [4.78, 5) is 63.1. The number of pyridine rings is 6. The highest BCUT2D eigenvalue weighted by atomic mass is 16.5. The Labute approximate surface area is 420 Å². The van der Waals surface area contributed by atoms with E-state index in [-0.39, 0.29) is 35.3 Å². The summed E-state index contributed by atoms with van der Waals surface area (Å²) in [5, 5.41) is 6.13. The van der Waals surface area contributed by atoms with E-state index < -0.39 is 0 Å². The molecule has 2 N–H and O–H groups in total. The van der Waals surface area contributed by atoms with Gasteiger partial charge in [0.15, 0.2) is 11.6 Å². The third kappa shape index (κ3) is 9.72. The van der Waals surface area contributed by atoms with Gasteiger partial charge in [0.1, 0.15) is 11.6 Å². The molecule has 3 fully saturated rings. The van der Waals surface area contributed by atoms with E-state index in [2.05, 4.69) is 92.3 Å². The number of urea groups is 2. The molecule has 12 rings (SSSR count). The molecule has 0 aromatic carbocycles. The van der Waals surface area contributed by atoms with Crippen LogP contribution in [-0.2, 0) is 9.47 Å². The molecule has 0 saturated carbocycles. The molecular weight excluding hydrogens is 905 g/mol. The normalized spacial score (nSPS) is 21.2. The van der Waals surface area contributed by atoms with E-state index in [9.17, 15) is 9.59 Å². The fraction of sp³-hybridized carbons (Fsp3) is 0.393. The van der Waals surface area contributed by atoms with Gasteiger partial charge in [-0.25, -0.2) is 29.5 Å². The fourth-order valence-electron chi connectivity index (χ4n) is 11.2. The van der Waals surface area contributed by atoms with Crippen molar-refractivity contribution < 1.29 is 19.1 Å². The average Bonchev–Trinajstić information content (AvgIpc) is 3.98. The molecule has 3 saturated heterocycles. The number of amides is 4. The van der Waals surface area contributed by atoms with Crippen LogP contribution < -0.4 is 30.2 Å². The summed E-state index contributed by atoms with van der Waals surface area (Å²) in [5.41, 5.74) is 10.6. The van der Waals surface area contributed by atoms with Crippen LogP contribution in [0.5, 0.6) is 0 Å². The number of anilines is 6. The minimum absolute atomic E-state index is 0.0709. The maximum absolute atomic E-state index is 13.7. The number of aromatic nitrogens is 6. The number of rotatable bonds is 6. The van der Waals surface area contributed by atoms with Gasteiger partial charge in [-0.2, -0.15) is 0 Å². The molecule has 6 aliphatic heterocycles. The van der Waals surface area contributed by atoms with Gasteiger partial charge in [-0.05, 0) is 163 Å². The lowest BCUT2D eigenvalue weighted by Gasteiger charge is -2.36. The van der Waals surface area contributed by atoms with Crippen molar-refractivity contribution in [2.24, 2.45) is 0 Å². The number of nitrogens with zero attached hydrogens (tertiary/aromatic N) is 10. The van der Waals surface area contributed by atoms with E-state index in [0.717, 1.165) is 116 Å². The molecule has 72 heavy (non-hydrogen) atoms. The molecule has 16 nitrogen and oxygen atoms in total. The largest absolute Gasteiger partial charge is 0.376 e. The van der Waals surface area contributed by atoms with Crippen molar-refractivity contribution in [2.45, 2.75) is 103 Å². The van der Waals surface area contributed by atoms with Gasteiger partial charge < -0.3 is 19.3 Å². The first-order chi connectivity index (χ1) is 34.7. The van der Waals surface area contributed by atoms with E-state index in [4.69, 9.17) is 19.4 Å². The molecular formula is C56H62N12O4. The summed E-state index contributed by atoms with van der Waals surface area (Å²) < 4.78 is 11.7. The number of fused-ring (bicyclic) bond motifs is 8. The number of carbonyl (C=O) groups is 2. The van der Waals surface area contributed by atoms with Crippen LogP contribution in [0.2, 0.25) is 0 Å². The highest BCUT2D eigenvalue weighted by Gasteiger charge is 2.42. The molecule has 1 unspecified atom stereocenters. The van der Waals surface area contributed by atoms with Gasteiger partial charge in [0.05, 0.1) is 52.7 Å². The maximum Gasteiger partial charge on any atom is 0.329 e. The first kappa shape index (κ1) is 47.0. The van der Waals surface area contributed by atoms with Crippen molar-refractivity contribution in [1.82, 2.24) is 29.9 Å². The average molecular weight is 967 g/mol. The summed E-state index contributed by atoms with van der Waals surface area (Å²) in [7, 11) is 0. The van der Waals surface area contributed by atoms with Crippen LogP contribution >= 0.6 is 0 Å². The van der Waals surface area contributed by atoms with Crippen LogP contribution in [0.3, 0.4) is 0 Å². The Bertz CT molecular complexity index is 3090. The van der Waals surface area contributed by atoms with Gasteiger partial charge in [-0.3, -0.25) is 30.4 Å². The Morgan fingerprint density at radius 3 is 1.71 bits per heavy atom. The predicted molar refractivity (Wildman–Crippen MR) is 282 cm³/mol. The standard InChI is InChI=1S/C28H32N6O2.C28H30N6O2/c2*1-18-14-20(7-10-29-18)23-4-5-24-26(31-23)34(22-8-12-33(24)17-22)27(35)32-25-15-19(6-11-30-25)21-9-13-36-28(2,3)16-21/h4-7,10-11,14-15,21-22H,8-9,12-13,16-17H2,1-3H3,(H,30,32,35);4-7,9-11,14-15,22H,8,12-13,16-17H2,1-3H3,(H,30,32,35)/t21?,22-;22-/m00/s1. The van der Waals surface area contributed by atoms with E-state index in [1.807, 2.05) is 78.2 Å². The van der Waals surface area contributed by atoms with Gasteiger partial charge in [0.2, 0.25) is 0 Å². The quantitative estimate of drug-likeness (QED) is 0.162. The van der Waals surface area contributed by atoms with Crippen LogP contribution in [0.25, 0.3) is 28.1 Å². The Hall–Kier alpha value is -7.30. The van der Waals surface area contributed by atoms with Crippen molar-refractivity contribution in [3.63, 3.8) is 0 Å². The monoisotopic (exact) mass is 967 g/mol. The van der Waals surface area contributed by atoms with Crippen molar-refractivity contribution in [2.75, 3.05) is 69.6 Å². The fourth-order valence-corrected chi connectivity index (χ4v) is 11.2. The molecule has 16 heteroatoms. The lowest BCUT2D eigenvalue weighted by atomic mass is 9.84. The number of nitrogens with one attached hydrogen (secondary N) is 2. The number of hydrogen-bond acceptors (Lipinski definition) is 12. The summed E-state index contributed by atoms with van der Waals surface area (Å²) >= 11 is 0. The van der Waals surface area contributed by atoms with Crippen LogP contribution in [0.1, 0.15) is 88.2 Å². The molecule has 4 bridgehead atoms. The molecule has 370 valence electrons. The highest BCUT2D eigenvalue weighted by molar-refractivity contribution is 6.05. The number of aryl methyl sites for hydroxylation is 2. The molecule has 6 aromatic heterocycles. The van der Waals surface area contributed by atoms with Crippen molar-refractivity contribution in [3.8, 4) is 22.5 Å². The minimum atomic E-state index is -0.209. The SMILES string of the molecule is Cc1cc(-c2ccc3c(n2)N(C(=O)Nc2cc(C4=CCOC(C)(C)C4)ccn2)[C@H]2CCN3C2)ccn1.Cc1cc(-c2ccc3c(n2)N(C(=O)Nc2cc(C4CCOC(C)(C)C4)ccn2)[C@H]2CCN3C2)ccn1. The second kappa shape index (κ2) is 19.0. The third-order valence-electron chi connectivity index (χ3n) is 14.7. The third-order valence-corrected chi connectivity index (χ3v) is 14.7. The van der Waals surface area contributed by atoms with Gasteiger partial charge in [0.25, 0.3) is 0 Å². The van der Waals surface area contributed by atoms with Gasteiger partial charge in [0, 0.05) is 86.5 Å². The van der Waals surface area contributed by atoms with E-state index in [0.29, 0.717) is 35.8 Å². The molecule has 6 aromatic rings. The number of carbonyl (C=O) groups excluding carboxylic acids is 2. The topological polar surface area (TPSA) is 167 Å². The number of hydrogen-bond donors (Lipinski definition) is 2. The first-order valence-electron chi connectivity index (χ1n) is 25.2. The zero-order valence-electron chi connectivity index (χ0n) is 41.9. The Morgan fingerprint density at radius 2 is 1.15 bits per heavy atom. The summed E-state index contributed by atoms with van der Waals surface area (Å²) in [5.74, 6) is 2.89. The van der Waals surface area contributed by atoms with Crippen molar-refractivity contribution >= 4 is 52.3 Å². The molecule has 0 radical (unpaired) electrons. The Kier molecular flexibility index (Phi) is 12.4. The molecule has 0 aliphatic carbocycles. The van der Waals surface area contributed by atoms with E-state index >= 15 is 0 Å². The maximum atomic E-state index is 13.7. The van der Waals surface area contributed by atoms with Crippen molar-refractivity contribution in [3.05, 3.63) is 126 Å². The molecule has 6 aliphatic rings. The number of ether oxygens (including phenoxy) is 2. The van der Waals surface area contributed by atoms with Crippen LogP contribution in [0.4, 0.5) is 44.2 Å². The van der Waals surface area contributed by atoms with Crippen molar-refractivity contribution in [1.29, 1.82) is 0 Å². The summed E-state index contributed by atoms with van der Waals surface area (Å²) in [6, 6.07) is 23.9. The second-order valence-electron chi connectivity index (χ2n) is 21.0. The summed E-state index contributed by atoms with van der Waals surface area (Å²) in [6.45, 7) is 17.2. The molecule has 0 spiro atoms. The Balaban J connectivity index is 0.000000156. The van der Waals surface area contributed by atoms with Crippen LogP contribution in [0.15, 0.2) is 104 Å². The molecule has 12 heterocycles. The van der Waals surface area contributed by atoms with E-state index in [1.165, 1.54) is 11.1 Å². The van der Waals surface area contributed by atoms with Crippen LogP contribution in [-0.4, -0.2) is 105 Å². The first-order valence-corrected chi connectivity index (χ1v) is 25.2. The molecule has 3 atom stereocenters. The lowest BCUT2D eigenvalue weighted by Crippen LogP contribution is -2.48. The van der Waals surface area contributed by atoms with Crippen LogP contribution in [0, 0.1) is 13.8 Å². The highest BCUT2D eigenvalue weighted by Crippen LogP contribution is 2.43. The molecule has 4 amide bonds.